The molecule has 1 heterocycles. The predicted molar refractivity (Wildman–Crippen MR) is 69.3 cm³/mol. The molecule has 0 saturated heterocycles. The molecule has 0 bridgehead atoms. The fourth-order valence-electron chi connectivity index (χ4n) is 1.47. The lowest BCUT2D eigenvalue weighted by Gasteiger charge is -1.97. The van der Waals surface area contributed by atoms with Gasteiger partial charge in [-0.2, -0.15) is 5.11 Å². The summed E-state index contributed by atoms with van der Waals surface area (Å²) in [5.74, 6) is -0.609. The van der Waals surface area contributed by atoms with Crippen molar-refractivity contribution in [3.63, 3.8) is 0 Å². The summed E-state index contributed by atoms with van der Waals surface area (Å²) >= 11 is 0. The lowest BCUT2D eigenvalue weighted by Crippen LogP contribution is -2.20. The molecule has 0 fully saturated rings. The zero-order chi connectivity index (χ0) is 13.8. The summed E-state index contributed by atoms with van der Waals surface area (Å²) in [4.78, 5) is 26.2. The quantitative estimate of drug-likeness (QED) is 0.731. The number of azo groups is 1. The van der Waals surface area contributed by atoms with Crippen LogP contribution in [0.25, 0.3) is 0 Å². The largest absolute Gasteiger partial charge is 0.493 e. The van der Waals surface area contributed by atoms with Crippen molar-refractivity contribution in [3.05, 3.63) is 50.7 Å². The van der Waals surface area contributed by atoms with Crippen LogP contribution in [-0.4, -0.2) is 15.1 Å². The molecular weight excluding hydrogens is 248 g/mol. The van der Waals surface area contributed by atoms with E-state index in [1.807, 2.05) is 29.0 Å². The maximum atomic E-state index is 11.4. The van der Waals surface area contributed by atoms with Gasteiger partial charge in [-0.3, -0.25) is 14.8 Å². The smallest absolute Gasteiger partial charge is 0.328 e. The van der Waals surface area contributed by atoms with Crippen molar-refractivity contribution in [2.45, 2.75) is 13.3 Å². The van der Waals surface area contributed by atoms with Gasteiger partial charge in [-0.25, -0.2) is 4.79 Å². The first-order valence-electron chi connectivity index (χ1n) is 5.66. The summed E-state index contributed by atoms with van der Waals surface area (Å²) in [7, 11) is 0. The van der Waals surface area contributed by atoms with Crippen LogP contribution in [0.1, 0.15) is 12.5 Å². The van der Waals surface area contributed by atoms with E-state index in [1.165, 1.54) is 0 Å². The Morgan fingerprint density at radius 2 is 1.79 bits per heavy atom. The van der Waals surface area contributed by atoms with Gasteiger partial charge in [-0.05, 0) is 24.1 Å². The van der Waals surface area contributed by atoms with Gasteiger partial charge in [0.05, 0.1) is 5.69 Å². The zero-order valence-corrected chi connectivity index (χ0v) is 10.2. The number of nitrogens with one attached hydrogen (secondary N) is 2. The van der Waals surface area contributed by atoms with Gasteiger partial charge in [0.15, 0.2) is 0 Å². The minimum Gasteiger partial charge on any atom is -0.493 e. The Hall–Kier alpha value is -2.70. The van der Waals surface area contributed by atoms with Gasteiger partial charge in [-0.15, -0.1) is 5.11 Å². The third-order valence-corrected chi connectivity index (χ3v) is 2.51. The second kappa shape index (κ2) is 5.30. The molecule has 0 unspecified atom stereocenters. The van der Waals surface area contributed by atoms with Crippen LogP contribution in [0.3, 0.4) is 0 Å². The van der Waals surface area contributed by atoms with Gasteiger partial charge >= 0.3 is 5.69 Å². The fraction of sp³-hybridized carbons (Fsp3) is 0.167. The van der Waals surface area contributed by atoms with E-state index in [0.29, 0.717) is 5.69 Å². The molecule has 7 heteroatoms. The van der Waals surface area contributed by atoms with Gasteiger partial charge < -0.3 is 5.11 Å². The average molecular weight is 260 g/mol. The fourth-order valence-corrected chi connectivity index (χ4v) is 1.47. The molecule has 0 radical (unpaired) electrons. The molecule has 7 nitrogen and oxygen atoms in total. The monoisotopic (exact) mass is 260 g/mol. The molecular formula is C12H12N4O3. The Morgan fingerprint density at radius 3 is 2.37 bits per heavy atom. The molecule has 0 aliphatic carbocycles. The number of aromatic hydroxyl groups is 1. The highest BCUT2D eigenvalue weighted by Gasteiger charge is 2.06. The second-order valence-corrected chi connectivity index (χ2v) is 3.83. The van der Waals surface area contributed by atoms with Crippen molar-refractivity contribution in [1.82, 2.24) is 9.97 Å². The first-order valence-corrected chi connectivity index (χ1v) is 5.66. The number of aromatic amines is 2. The molecule has 98 valence electrons. The molecule has 0 atom stereocenters. The van der Waals surface area contributed by atoms with Gasteiger partial charge in [0.1, 0.15) is 0 Å². The molecule has 3 N–H and O–H groups in total. The number of nitrogens with zero attached hydrogens (tertiary/aromatic N) is 2. The van der Waals surface area contributed by atoms with Gasteiger partial charge in [0.2, 0.25) is 11.6 Å². The van der Waals surface area contributed by atoms with Crippen LogP contribution >= 0.6 is 0 Å². The van der Waals surface area contributed by atoms with E-state index in [-0.39, 0.29) is 5.69 Å². The summed E-state index contributed by atoms with van der Waals surface area (Å²) in [5, 5.41) is 16.9. The molecule has 0 aliphatic heterocycles. The third kappa shape index (κ3) is 2.95. The first kappa shape index (κ1) is 12.7. The standard InChI is InChI=1S/C12H12N4O3/c1-2-7-3-5-8(6-4-7)15-16-9-10(17)13-12(19)14-11(9)18/h3-6H,2H2,1H3,(H3,13,14,17,18,19). The maximum Gasteiger partial charge on any atom is 0.328 e. The van der Waals surface area contributed by atoms with Crippen LogP contribution in [0.15, 0.2) is 44.1 Å². The summed E-state index contributed by atoms with van der Waals surface area (Å²) in [6, 6.07) is 7.29. The van der Waals surface area contributed by atoms with Crippen LogP contribution in [0, 0.1) is 0 Å². The SMILES string of the molecule is CCc1ccc(N=Nc2c(O)[nH]c(=O)[nH]c2=O)cc1. The topological polar surface area (TPSA) is 111 Å². The molecule has 19 heavy (non-hydrogen) atoms. The lowest BCUT2D eigenvalue weighted by molar-refractivity contribution is 0.450. The van der Waals surface area contributed by atoms with Crippen LogP contribution in [-0.2, 0) is 6.42 Å². The molecule has 0 spiro atoms. The van der Waals surface area contributed by atoms with Gasteiger partial charge in [0.25, 0.3) is 5.56 Å². The highest BCUT2D eigenvalue weighted by molar-refractivity contribution is 5.44. The van der Waals surface area contributed by atoms with E-state index in [4.69, 9.17) is 0 Å². The van der Waals surface area contributed by atoms with Crippen LogP contribution in [0.5, 0.6) is 5.88 Å². The van der Waals surface area contributed by atoms with Crippen molar-refractivity contribution in [2.24, 2.45) is 10.2 Å². The minimum absolute atomic E-state index is 0.334. The van der Waals surface area contributed by atoms with Crippen molar-refractivity contribution in [1.29, 1.82) is 0 Å². The molecule has 2 aromatic rings. The minimum atomic E-state index is -0.797. The van der Waals surface area contributed by atoms with Crippen LogP contribution in [0.2, 0.25) is 0 Å². The van der Waals surface area contributed by atoms with Gasteiger partial charge in [-0.1, -0.05) is 19.1 Å². The Kier molecular flexibility index (Phi) is 3.56. The Labute approximate surface area is 107 Å². The number of hydrogen-bond acceptors (Lipinski definition) is 5. The highest BCUT2D eigenvalue weighted by atomic mass is 16.3. The highest BCUT2D eigenvalue weighted by Crippen LogP contribution is 2.20. The summed E-state index contributed by atoms with van der Waals surface area (Å²) in [6.45, 7) is 2.04. The predicted octanol–water partition coefficient (Wildman–Crippen LogP) is 1.75. The number of hydrogen-bond donors (Lipinski definition) is 3. The molecule has 2 rings (SSSR count). The normalized spacial score (nSPS) is 11.0. The van der Waals surface area contributed by atoms with E-state index < -0.39 is 17.1 Å². The molecule has 0 amide bonds. The Balaban J connectivity index is 2.32. The lowest BCUT2D eigenvalue weighted by atomic mass is 10.2. The maximum absolute atomic E-state index is 11.4. The van der Waals surface area contributed by atoms with Crippen LogP contribution < -0.4 is 11.2 Å². The van der Waals surface area contributed by atoms with Crippen molar-refractivity contribution in [2.75, 3.05) is 0 Å². The van der Waals surface area contributed by atoms with E-state index in [0.717, 1.165) is 12.0 Å². The summed E-state index contributed by atoms with van der Waals surface area (Å²) in [6.07, 6.45) is 0.914. The van der Waals surface area contributed by atoms with E-state index >= 15 is 0 Å². The number of rotatable bonds is 3. The first-order chi connectivity index (χ1) is 9.10. The van der Waals surface area contributed by atoms with E-state index in [2.05, 4.69) is 10.2 Å². The molecule has 1 aromatic heterocycles. The average Bonchev–Trinajstić information content (AvgIpc) is 2.38. The van der Waals surface area contributed by atoms with Crippen molar-refractivity contribution in [3.8, 4) is 5.88 Å². The Morgan fingerprint density at radius 1 is 1.11 bits per heavy atom. The summed E-state index contributed by atoms with van der Waals surface area (Å²) < 4.78 is 0. The number of aryl methyl sites for hydroxylation is 1. The number of H-pyrrole nitrogens is 2. The van der Waals surface area contributed by atoms with Crippen molar-refractivity contribution < 1.29 is 5.11 Å². The third-order valence-electron chi connectivity index (χ3n) is 2.51. The Bertz CT molecular complexity index is 713. The molecule has 1 aromatic carbocycles. The van der Waals surface area contributed by atoms with Crippen LogP contribution in [0.4, 0.5) is 11.4 Å². The zero-order valence-electron chi connectivity index (χ0n) is 10.2. The second-order valence-electron chi connectivity index (χ2n) is 3.83. The number of aromatic nitrogens is 2. The summed E-state index contributed by atoms with van der Waals surface area (Å²) in [5.41, 5.74) is -0.228. The van der Waals surface area contributed by atoms with E-state index in [1.54, 1.807) is 12.1 Å². The van der Waals surface area contributed by atoms with Crippen molar-refractivity contribution >= 4 is 11.4 Å². The molecule has 0 aliphatic rings. The van der Waals surface area contributed by atoms with E-state index in [9.17, 15) is 14.7 Å². The number of benzene rings is 1. The molecule has 0 saturated carbocycles. The van der Waals surface area contributed by atoms with Gasteiger partial charge in [0, 0.05) is 0 Å².